The van der Waals surface area contributed by atoms with Crippen LogP contribution in [0.2, 0.25) is 0 Å². The Labute approximate surface area is 151 Å². The average Bonchev–Trinajstić information content (AvgIpc) is 2.68. The van der Waals surface area contributed by atoms with Gasteiger partial charge >= 0.3 is 0 Å². The van der Waals surface area contributed by atoms with Crippen LogP contribution in [0, 0.1) is 0 Å². The van der Waals surface area contributed by atoms with Gasteiger partial charge in [0.2, 0.25) is 0 Å². The highest BCUT2D eigenvalue weighted by atomic mass is 16.5. The Balaban J connectivity index is 1.80. The van der Waals surface area contributed by atoms with E-state index < -0.39 is 0 Å². The molecule has 1 aromatic carbocycles. The molecule has 1 atom stereocenters. The zero-order valence-corrected chi connectivity index (χ0v) is 15.0. The van der Waals surface area contributed by atoms with Crippen molar-refractivity contribution in [3.63, 3.8) is 0 Å². The van der Waals surface area contributed by atoms with Crippen LogP contribution in [-0.2, 0) is 6.42 Å². The maximum absolute atomic E-state index is 12.8. The highest BCUT2D eigenvalue weighted by Gasteiger charge is 2.21. The minimum absolute atomic E-state index is 0.0674. The van der Waals surface area contributed by atoms with Gasteiger partial charge in [0, 0.05) is 25.5 Å². The third-order valence-electron chi connectivity index (χ3n) is 4.52. The van der Waals surface area contributed by atoms with Gasteiger partial charge in [-0.1, -0.05) is 18.2 Å². The Hall–Kier alpha value is -3.15. The fraction of sp³-hybridized carbons (Fsp3) is 0.250. The molecule has 0 aliphatic rings. The van der Waals surface area contributed by atoms with E-state index in [0.717, 1.165) is 11.3 Å². The molecular weight excluding hydrogens is 330 g/mol. The minimum atomic E-state index is -0.357. The summed E-state index contributed by atoms with van der Waals surface area (Å²) < 4.78 is 6.54. The maximum atomic E-state index is 12.8. The predicted molar refractivity (Wildman–Crippen MR) is 99.7 cm³/mol. The van der Waals surface area contributed by atoms with Crippen molar-refractivity contribution in [1.82, 2.24) is 14.3 Å². The summed E-state index contributed by atoms with van der Waals surface area (Å²) in [7, 11) is 3.33. The molecular formula is C20H21N3O3. The Morgan fingerprint density at radius 3 is 2.65 bits per heavy atom. The van der Waals surface area contributed by atoms with E-state index in [9.17, 15) is 9.59 Å². The molecule has 0 fully saturated rings. The molecule has 0 radical (unpaired) electrons. The van der Waals surface area contributed by atoms with Crippen molar-refractivity contribution in [2.45, 2.75) is 19.4 Å². The molecule has 6 heteroatoms. The molecule has 2 aromatic heterocycles. The van der Waals surface area contributed by atoms with Crippen LogP contribution in [0.5, 0.6) is 5.75 Å². The Kier molecular flexibility index (Phi) is 5.02. The SMILES string of the molecule is COc1ccc(C[C@@H](C)N(C)C(=O)c2cnc3ccccn3c2=O)cc1. The average molecular weight is 351 g/mol. The van der Waals surface area contributed by atoms with Gasteiger partial charge in [-0.15, -0.1) is 0 Å². The summed E-state index contributed by atoms with van der Waals surface area (Å²) in [4.78, 5) is 31.2. The highest BCUT2D eigenvalue weighted by Crippen LogP contribution is 2.15. The second kappa shape index (κ2) is 7.39. The molecule has 3 aromatic rings. The largest absolute Gasteiger partial charge is 0.497 e. The number of pyridine rings is 1. The van der Waals surface area contributed by atoms with Gasteiger partial charge in [0.15, 0.2) is 0 Å². The first-order valence-corrected chi connectivity index (χ1v) is 8.37. The lowest BCUT2D eigenvalue weighted by Crippen LogP contribution is -2.39. The number of methoxy groups -OCH3 is 1. The molecule has 0 aliphatic carbocycles. The lowest BCUT2D eigenvalue weighted by Gasteiger charge is -2.25. The van der Waals surface area contributed by atoms with E-state index in [1.807, 2.05) is 31.2 Å². The zero-order valence-electron chi connectivity index (χ0n) is 15.0. The molecule has 26 heavy (non-hydrogen) atoms. The molecule has 0 spiro atoms. The van der Waals surface area contributed by atoms with Crippen LogP contribution < -0.4 is 10.3 Å². The van der Waals surface area contributed by atoms with E-state index in [1.165, 1.54) is 10.6 Å². The number of hydrogen-bond donors (Lipinski definition) is 0. The van der Waals surface area contributed by atoms with E-state index in [2.05, 4.69) is 4.98 Å². The monoisotopic (exact) mass is 351 g/mol. The Morgan fingerprint density at radius 1 is 1.23 bits per heavy atom. The van der Waals surface area contributed by atoms with Crippen LogP contribution >= 0.6 is 0 Å². The lowest BCUT2D eigenvalue weighted by atomic mass is 10.1. The predicted octanol–water partition coefficient (Wildman–Crippen LogP) is 2.41. The molecule has 6 nitrogen and oxygen atoms in total. The van der Waals surface area contributed by atoms with Gasteiger partial charge in [0.1, 0.15) is 17.0 Å². The third-order valence-corrected chi connectivity index (χ3v) is 4.52. The Bertz CT molecular complexity index is 980. The fourth-order valence-corrected chi connectivity index (χ4v) is 2.80. The summed E-state index contributed by atoms with van der Waals surface area (Å²) in [6.07, 6.45) is 3.65. The second-order valence-electron chi connectivity index (χ2n) is 6.22. The molecule has 134 valence electrons. The third kappa shape index (κ3) is 3.44. The van der Waals surface area contributed by atoms with Crippen LogP contribution in [-0.4, -0.2) is 40.4 Å². The number of fused-ring (bicyclic) bond motifs is 1. The highest BCUT2D eigenvalue weighted by molar-refractivity contribution is 5.93. The second-order valence-corrected chi connectivity index (χ2v) is 6.22. The first-order chi connectivity index (χ1) is 12.5. The van der Waals surface area contributed by atoms with Gasteiger partial charge in [-0.25, -0.2) is 4.98 Å². The topological polar surface area (TPSA) is 63.9 Å². The van der Waals surface area contributed by atoms with Crippen molar-refractivity contribution in [3.8, 4) is 5.75 Å². The standard InChI is InChI=1S/C20H21N3O3/c1-14(12-15-7-9-16(26-3)10-8-15)22(2)19(24)17-13-21-18-6-4-5-11-23(18)20(17)25/h4-11,13-14H,12H2,1-3H3/t14-/m1/s1. The molecule has 0 saturated carbocycles. The van der Waals surface area contributed by atoms with Gasteiger partial charge in [0.05, 0.1) is 7.11 Å². The van der Waals surface area contributed by atoms with Gasteiger partial charge in [-0.2, -0.15) is 0 Å². The Morgan fingerprint density at radius 2 is 1.96 bits per heavy atom. The van der Waals surface area contributed by atoms with E-state index in [4.69, 9.17) is 4.74 Å². The molecule has 0 saturated heterocycles. The summed E-state index contributed by atoms with van der Waals surface area (Å²) in [5.74, 6) is 0.461. The summed E-state index contributed by atoms with van der Waals surface area (Å²) >= 11 is 0. The molecule has 0 N–H and O–H groups in total. The summed E-state index contributed by atoms with van der Waals surface area (Å²) in [6, 6.07) is 12.9. The molecule has 3 rings (SSSR count). The van der Waals surface area contributed by atoms with E-state index in [0.29, 0.717) is 12.1 Å². The normalized spacial score (nSPS) is 12.0. The first-order valence-electron chi connectivity index (χ1n) is 8.37. The van der Waals surface area contributed by atoms with E-state index in [-0.39, 0.29) is 23.1 Å². The molecule has 0 aliphatic heterocycles. The van der Waals surface area contributed by atoms with Crippen LogP contribution in [0.15, 0.2) is 59.7 Å². The summed E-state index contributed by atoms with van der Waals surface area (Å²) in [6.45, 7) is 1.95. The number of likely N-dealkylation sites (N-methyl/N-ethyl adjacent to an activating group) is 1. The number of benzene rings is 1. The number of ether oxygens (including phenoxy) is 1. The summed E-state index contributed by atoms with van der Waals surface area (Å²) in [5, 5.41) is 0. The summed E-state index contributed by atoms with van der Waals surface area (Å²) in [5.41, 5.74) is 1.32. The smallest absolute Gasteiger partial charge is 0.270 e. The molecule has 1 amide bonds. The quantitative estimate of drug-likeness (QED) is 0.708. The van der Waals surface area contributed by atoms with Crippen molar-refractivity contribution >= 4 is 11.6 Å². The van der Waals surface area contributed by atoms with Gasteiger partial charge in [0.25, 0.3) is 11.5 Å². The van der Waals surface area contributed by atoms with Crippen molar-refractivity contribution in [2.75, 3.05) is 14.2 Å². The molecule has 0 unspecified atom stereocenters. The van der Waals surface area contributed by atoms with Gasteiger partial charge in [-0.3, -0.25) is 14.0 Å². The van der Waals surface area contributed by atoms with Crippen molar-refractivity contribution in [1.29, 1.82) is 0 Å². The van der Waals surface area contributed by atoms with Crippen LogP contribution in [0.3, 0.4) is 0 Å². The number of carbonyl (C=O) groups excluding carboxylic acids is 1. The van der Waals surface area contributed by atoms with Gasteiger partial charge < -0.3 is 9.64 Å². The molecule has 0 bridgehead atoms. The van der Waals surface area contributed by atoms with Crippen LogP contribution in [0.25, 0.3) is 5.65 Å². The number of nitrogens with zero attached hydrogens (tertiary/aromatic N) is 3. The zero-order chi connectivity index (χ0) is 18.7. The lowest BCUT2D eigenvalue weighted by molar-refractivity contribution is 0.0741. The number of carbonyl (C=O) groups is 1. The number of aromatic nitrogens is 2. The van der Waals surface area contributed by atoms with Crippen molar-refractivity contribution < 1.29 is 9.53 Å². The van der Waals surface area contributed by atoms with Crippen molar-refractivity contribution in [2.24, 2.45) is 0 Å². The molecule has 2 heterocycles. The number of rotatable bonds is 5. The first kappa shape index (κ1) is 17.7. The fourth-order valence-electron chi connectivity index (χ4n) is 2.80. The van der Waals surface area contributed by atoms with Crippen LogP contribution in [0.4, 0.5) is 0 Å². The maximum Gasteiger partial charge on any atom is 0.270 e. The van der Waals surface area contributed by atoms with E-state index >= 15 is 0 Å². The minimum Gasteiger partial charge on any atom is -0.497 e. The van der Waals surface area contributed by atoms with Crippen molar-refractivity contribution in [3.05, 3.63) is 76.3 Å². The van der Waals surface area contributed by atoms with Crippen LogP contribution in [0.1, 0.15) is 22.8 Å². The number of amides is 1. The van der Waals surface area contributed by atoms with Gasteiger partial charge in [-0.05, 0) is 43.2 Å². The number of hydrogen-bond acceptors (Lipinski definition) is 4. The van der Waals surface area contributed by atoms with E-state index in [1.54, 1.807) is 43.5 Å².